The van der Waals surface area contributed by atoms with E-state index < -0.39 is 26.6 Å². The number of benzene rings is 3. The number of anilines is 1. The van der Waals surface area contributed by atoms with E-state index in [2.05, 4.69) is 4.72 Å². The minimum absolute atomic E-state index is 0.165. The lowest BCUT2D eigenvalue weighted by Crippen LogP contribution is -2.30. The number of carbonyl (C=O) groups excluding carboxylic acids is 1. The van der Waals surface area contributed by atoms with Crippen molar-refractivity contribution in [3.63, 3.8) is 0 Å². The van der Waals surface area contributed by atoms with Gasteiger partial charge in [-0.15, -0.1) is 0 Å². The highest BCUT2D eigenvalue weighted by Crippen LogP contribution is 2.20. The fraction of sp³-hybridized carbons (Fsp3) is 0.136. The lowest BCUT2D eigenvalue weighted by Gasteiger charge is -2.18. The first-order chi connectivity index (χ1) is 15.2. The average Bonchev–Trinajstić information content (AvgIpc) is 2.75. The molecule has 0 aliphatic heterocycles. The van der Waals surface area contributed by atoms with E-state index >= 15 is 0 Å². The van der Waals surface area contributed by atoms with Crippen molar-refractivity contribution in [1.29, 1.82) is 0 Å². The Bertz CT molecular complexity index is 1220. The number of sulfonamides is 1. The number of nitrogens with one attached hydrogen (secondary N) is 1. The van der Waals surface area contributed by atoms with Crippen LogP contribution in [-0.2, 0) is 10.0 Å². The fourth-order valence-electron chi connectivity index (χ4n) is 2.72. The largest absolute Gasteiger partial charge is 0.492 e. The van der Waals surface area contributed by atoms with Crippen molar-refractivity contribution in [2.24, 2.45) is 0 Å². The predicted octanol–water partition coefficient (Wildman–Crippen LogP) is 4.57. The number of rotatable bonds is 8. The van der Waals surface area contributed by atoms with Crippen LogP contribution in [0.15, 0.2) is 71.6 Å². The van der Waals surface area contributed by atoms with E-state index in [1.807, 2.05) is 0 Å². The number of likely N-dealkylation sites (N-methyl/N-ethyl adjacent to an activating group) is 1. The van der Waals surface area contributed by atoms with Gasteiger partial charge in [0, 0.05) is 23.3 Å². The molecule has 0 radical (unpaired) electrons. The summed E-state index contributed by atoms with van der Waals surface area (Å²) in [4.78, 5) is 13.6. The van der Waals surface area contributed by atoms with Crippen molar-refractivity contribution < 1.29 is 26.7 Å². The third-order valence-corrected chi connectivity index (χ3v) is 6.04. The number of carbonyl (C=O) groups is 1. The molecule has 0 saturated heterocycles. The molecule has 6 nitrogen and oxygen atoms in total. The van der Waals surface area contributed by atoms with Crippen molar-refractivity contribution in [3.8, 4) is 5.75 Å². The topological polar surface area (TPSA) is 75.7 Å². The Morgan fingerprint density at radius 3 is 2.41 bits per heavy atom. The van der Waals surface area contributed by atoms with Gasteiger partial charge in [-0.1, -0.05) is 17.7 Å². The number of hydrogen-bond acceptors (Lipinski definition) is 4. The van der Waals surface area contributed by atoms with Crippen molar-refractivity contribution in [3.05, 3.63) is 89.0 Å². The maximum absolute atomic E-state index is 13.3. The van der Waals surface area contributed by atoms with Crippen molar-refractivity contribution in [2.75, 3.05) is 24.9 Å². The molecular formula is C22H19ClF2N2O4S. The van der Waals surface area contributed by atoms with Gasteiger partial charge >= 0.3 is 0 Å². The van der Waals surface area contributed by atoms with Gasteiger partial charge in [0.25, 0.3) is 15.9 Å². The number of ether oxygens (including phenoxy) is 1. The maximum atomic E-state index is 13.3. The van der Waals surface area contributed by atoms with E-state index in [4.69, 9.17) is 16.3 Å². The van der Waals surface area contributed by atoms with Crippen LogP contribution in [0.4, 0.5) is 14.5 Å². The summed E-state index contributed by atoms with van der Waals surface area (Å²) in [5.41, 5.74) is 0.504. The molecular weight excluding hydrogens is 462 g/mol. The lowest BCUT2D eigenvalue weighted by atomic mass is 10.2. The van der Waals surface area contributed by atoms with E-state index in [-0.39, 0.29) is 18.2 Å². The van der Waals surface area contributed by atoms with E-state index in [9.17, 15) is 22.0 Å². The highest BCUT2D eigenvalue weighted by atomic mass is 35.5. The summed E-state index contributed by atoms with van der Waals surface area (Å²) in [6, 6.07) is 14.9. The monoisotopic (exact) mass is 480 g/mol. The van der Waals surface area contributed by atoms with Gasteiger partial charge in [0.1, 0.15) is 12.4 Å². The zero-order valence-electron chi connectivity index (χ0n) is 16.9. The van der Waals surface area contributed by atoms with Gasteiger partial charge in [-0.3, -0.25) is 9.52 Å². The molecule has 0 aliphatic rings. The Kier molecular flexibility index (Phi) is 7.32. The van der Waals surface area contributed by atoms with Gasteiger partial charge in [-0.25, -0.2) is 17.2 Å². The number of halogens is 3. The molecule has 1 N–H and O–H groups in total. The summed E-state index contributed by atoms with van der Waals surface area (Å²) in [5.74, 6) is -2.10. The van der Waals surface area contributed by atoms with Gasteiger partial charge in [0.2, 0.25) is 0 Å². The Hall–Kier alpha value is -3.17. The molecule has 3 aromatic carbocycles. The molecule has 0 aliphatic carbocycles. The first-order valence-electron chi connectivity index (χ1n) is 9.37. The first-order valence-corrected chi connectivity index (χ1v) is 11.2. The van der Waals surface area contributed by atoms with Gasteiger partial charge in [-0.05, 0) is 60.7 Å². The van der Waals surface area contributed by atoms with Gasteiger partial charge in [-0.2, -0.15) is 0 Å². The smallest absolute Gasteiger partial charge is 0.261 e. The molecule has 0 heterocycles. The number of amides is 1. The van der Waals surface area contributed by atoms with Crippen LogP contribution in [-0.4, -0.2) is 39.4 Å². The van der Waals surface area contributed by atoms with Gasteiger partial charge in [0.15, 0.2) is 11.6 Å². The summed E-state index contributed by atoms with van der Waals surface area (Å²) in [7, 11) is -2.51. The van der Waals surface area contributed by atoms with Crippen LogP contribution in [0.1, 0.15) is 10.4 Å². The van der Waals surface area contributed by atoms with Crippen LogP contribution in [0.5, 0.6) is 5.75 Å². The lowest BCUT2D eigenvalue weighted by molar-refractivity contribution is 0.0774. The molecule has 0 bridgehead atoms. The summed E-state index contributed by atoms with van der Waals surface area (Å²) in [5, 5.41) is 0.548. The molecule has 0 aromatic heterocycles. The highest BCUT2D eigenvalue weighted by Gasteiger charge is 2.17. The van der Waals surface area contributed by atoms with E-state index in [0.717, 1.165) is 12.1 Å². The third-order valence-electron chi connectivity index (χ3n) is 4.42. The predicted molar refractivity (Wildman–Crippen MR) is 118 cm³/mol. The second-order valence-electron chi connectivity index (χ2n) is 6.79. The second kappa shape index (κ2) is 9.97. The standard InChI is InChI=1S/C22H19ClF2N2O4S/c1-27(11-12-31-18-4-2-3-16(23)13-18)22(28)15-5-7-17(8-6-15)26-32(29,30)19-9-10-20(24)21(25)14-19/h2-10,13-14,26H,11-12H2,1H3. The fourth-order valence-corrected chi connectivity index (χ4v) is 3.97. The molecule has 1 amide bonds. The van der Waals surface area contributed by atoms with Crippen LogP contribution in [0.25, 0.3) is 0 Å². The number of nitrogens with zero attached hydrogens (tertiary/aromatic N) is 1. The number of hydrogen-bond donors (Lipinski definition) is 1. The quantitative estimate of drug-likeness (QED) is 0.512. The molecule has 32 heavy (non-hydrogen) atoms. The van der Waals surface area contributed by atoms with Crippen LogP contribution in [0, 0.1) is 11.6 Å². The highest BCUT2D eigenvalue weighted by molar-refractivity contribution is 7.92. The molecule has 0 unspecified atom stereocenters. The Morgan fingerprint density at radius 1 is 1.03 bits per heavy atom. The zero-order valence-corrected chi connectivity index (χ0v) is 18.5. The minimum Gasteiger partial charge on any atom is -0.492 e. The van der Waals surface area contributed by atoms with E-state index in [1.165, 1.54) is 29.2 Å². The molecule has 10 heteroatoms. The zero-order chi connectivity index (χ0) is 23.3. The van der Waals surface area contributed by atoms with Gasteiger partial charge in [0.05, 0.1) is 11.4 Å². The van der Waals surface area contributed by atoms with Crippen LogP contribution < -0.4 is 9.46 Å². The van der Waals surface area contributed by atoms with E-state index in [1.54, 1.807) is 31.3 Å². The third kappa shape index (κ3) is 5.95. The Morgan fingerprint density at radius 2 is 1.75 bits per heavy atom. The average molecular weight is 481 g/mol. The summed E-state index contributed by atoms with van der Waals surface area (Å²) in [6.45, 7) is 0.574. The van der Waals surface area contributed by atoms with Crippen molar-refractivity contribution in [2.45, 2.75) is 4.90 Å². The minimum atomic E-state index is -4.12. The molecule has 0 saturated carbocycles. The summed E-state index contributed by atoms with van der Waals surface area (Å²) >= 11 is 5.90. The summed E-state index contributed by atoms with van der Waals surface area (Å²) < 4.78 is 58.9. The molecule has 3 rings (SSSR count). The Labute approximate surface area is 189 Å². The van der Waals surface area contributed by atoms with Gasteiger partial charge < -0.3 is 9.64 Å². The Balaban J connectivity index is 1.59. The van der Waals surface area contributed by atoms with Crippen molar-refractivity contribution >= 4 is 33.2 Å². The first kappa shape index (κ1) is 23.5. The molecule has 168 valence electrons. The van der Waals surface area contributed by atoms with Crippen LogP contribution >= 0.6 is 11.6 Å². The van der Waals surface area contributed by atoms with Crippen LogP contribution in [0.3, 0.4) is 0 Å². The second-order valence-corrected chi connectivity index (χ2v) is 8.91. The molecule has 0 fully saturated rings. The van der Waals surface area contributed by atoms with E-state index in [0.29, 0.717) is 28.9 Å². The normalized spacial score (nSPS) is 11.1. The molecule has 3 aromatic rings. The maximum Gasteiger partial charge on any atom is 0.261 e. The van der Waals surface area contributed by atoms with Crippen molar-refractivity contribution in [1.82, 2.24) is 4.90 Å². The van der Waals surface area contributed by atoms with Crippen LogP contribution in [0.2, 0.25) is 5.02 Å². The molecule has 0 atom stereocenters. The SMILES string of the molecule is CN(CCOc1cccc(Cl)c1)C(=O)c1ccc(NS(=O)(=O)c2ccc(F)c(F)c2)cc1. The molecule has 0 spiro atoms. The summed E-state index contributed by atoms with van der Waals surface area (Å²) in [6.07, 6.45) is 0.